The Bertz CT molecular complexity index is 688. The third-order valence-corrected chi connectivity index (χ3v) is 4.15. The lowest BCUT2D eigenvalue weighted by atomic mass is 9.82. The first-order chi connectivity index (χ1) is 10.8. The number of hydrogen-bond acceptors (Lipinski definition) is 0. The lowest BCUT2D eigenvalue weighted by Gasteiger charge is -2.33. The van der Waals surface area contributed by atoms with E-state index in [-0.39, 0.29) is 0 Å². The molecule has 0 aromatic heterocycles. The zero-order chi connectivity index (χ0) is 18.6. The largest absolute Gasteiger partial charge is 0.346 e. The molecule has 0 aromatic rings. The zero-order valence-corrected chi connectivity index (χ0v) is 13.0. The van der Waals surface area contributed by atoms with Crippen LogP contribution in [0.3, 0.4) is 0 Å². The average molecular weight is 350 g/mol. The van der Waals surface area contributed by atoms with Crippen molar-refractivity contribution in [1.82, 2.24) is 0 Å². The van der Waals surface area contributed by atoms with E-state index in [0.717, 1.165) is 32.1 Å². The maximum absolute atomic E-state index is 14.4. The Balaban J connectivity index is 2.48. The minimum atomic E-state index is -4.60. The summed E-state index contributed by atoms with van der Waals surface area (Å²) in [5.74, 6) is -9.34. The number of allylic oxidation sites excluding steroid dienone is 8. The van der Waals surface area contributed by atoms with Crippen LogP contribution in [0.1, 0.15) is 20.8 Å². The van der Waals surface area contributed by atoms with Crippen LogP contribution >= 0.6 is 0 Å². The standard InChI is InChI=1S/C17H13F7/c1-10-4-6-12(14(3,18)15(10,19)20)8-9-13-7-5-11(2)16(21,22)17(13,23)24/h4-7H,1-3H3. The van der Waals surface area contributed by atoms with Gasteiger partial charge in [0.15, 0.2) is 0 Å². The van der Waals surface area contributed by atoms with Crippen molar-refractivity contribution >= 4 is 0 Å². The van der Waals surface area contributed by atoms with E-state index in [4.69, 9.17) is 0 Å². The molecular formula is C17H13F7. The van der Waals surface area contributed by atoms with Gasteiger partial charge >= 0.3 is 17.8 Å². The number of halogens is 7. The van der Waals surface area contributed by atoms with Gasteiger partial charge in [-0.25, -0.2) is 4.39 Å². The summed E-state index contributed by atoms with van der Waals surface area (Å²) in [6.07, 6.45) is 3.29. The van der Waals surface area contributed by atoms with Gasteiger partial charge in [-0.2, -0.15) is 26.3 Å². The van der Waals surface area contributed by atoms with E-state index >= 15 is 0 Å². The van der Waals surface area contributed by atoms with Crippen LogP contribution in [0.2, 0.25) is 0 Å². The van der Waals surface area contributed by atoms with E-state index in [9.17, 15) is 30.7 Å². The van der Waals surface area contributed by atoms with Gasteiger partial charge in [-0.3, -0.25) is 0 Å². The van der Waals surface area contributed by atoms with Gasteiger partial charge in [0.2, 0.25) is 5.67 Å². The van der Waals surface area contributed by atoms with Crippen LogP contribution in [-0.2, 0) is 0 Å². The van der Waals surface area contributed by atoms with Crippen molar-refractivity contribution in [2.45, 2.75) is 44.2 Å². The first-order valence-electron chi connectivity index (χ1n) is 6.89. The Morgan fingerprint density at radius 2 is 1.04 bits per heavy atom. The van der Waals surface area contributed by atoms with Crippen molar-refractivity contribution in [1.29, 1.82) is 0 Å². The van der Waals surface area contributed by atoms with E-state index in [1.807, 2.05) is 5.92 Å². The van der Waals surface area contributed by atoms with Crippen LogP contribution in [0.15, 0.2) is 46.6 Å². The van der Waals surface area contributed by atoms with Crippen LogP contribution in [0.25, 0.3) is 0 Å². The number of hydrogen-bond donors (Lipinski definition) is 0. The molecule has 2 aliphatic carbocycles. The molecular weight excluding hydrogens is 337 g/mol. The summed E-state index contributed by atoms with van der Waals surface area (Å²) < 4.78 is 96.9. The molecule has 1 atom stereocenters. The lowest BCUT2D eigenvalue weighted by molar-refractivity contribution is -0.160. The molecule has 2 rings (SSSR count). The topological polar surface area (TPSA) is 0 Å². The molecule has 0 heterocycles. The summed E-state index contributed by atoms with van der Waals surface area (Å²) >= 11 is 0. The number of rotatable bonds is 0. The van der Waals surface area contributed by atoms with Gasteiger partial charge in [-0.05, 0) is 38.5 Å². The highest BCUT2D eigenvalue weighted by atomic mass is 19.3. The van der Waals surface area contributed by atoms with E-state index in [2.05, 4.69) is 0 Å². The molecule has 0 N–H and O–H groups in total. The lowest BCUT2D eigenvalue weighted by Crippen LogP contribution is -2.45. The summed E-state index contributed by atoms with van der Waals surface area (Å²) in [6.45, 7) is 2.42. The molecule has 0 saturated heterocycles. The quantitative estimate of drug-likeness (QED) is 0.406. The van der Waals surface area contributed by atoms with Crippen molar-refractivity contribution in [3.8, 4) is 11.8 Å². The molecule has 0 saturated carbocycles. The predicted octanol–water partition coefficient (Wildman–Crippen LogP) is 5.40. The molecule has 7 heteroatoms. The molecule has 1 unspecified atom stereocenters. The third-order valence-electron chi connectivity index (χ3n) is 4.15. The van der Waals surface area contributed by atoms with Crippen LogP contribution in [0.5, 0.6) is 0 Å². The third kappa shape index (κ3) is 2.40. The average Bonchev–Trinajstić information content (AvgIpc) is 2.45. The molecule has 0 aliphatic heterocycles. The SMILES string of the molecule is CC1=CC=C(C#CC2=CC=C(C)C(F)(F)C2(F)F)C(C)(F)C1(F)F. The first kappa shape index (κ1) is 18.4. The second kappa shape index (κ2) is 5.27. The monoisotopic (exact) mass is 350 g/mol. The molecule has 0 spiro atoms. The number of alkyl halides is 7. The van der Waals surface area contributed by atoms with Gasteiger partial charge in [-0.15, -0.1) is 0 Å². The van der Waals surface area contributed by atoms with Crippen LogP contribution in [0.4, 0.5) is 30.7 Å². The van der Waals surface area contributed by atoms with Crippen molar-refractivity contribution < 1.29 is 30.7 Å². The van der Waals surface area contributed by atoms with Crippen LogP contribution in [-0.4, -0.2) is 23.4 Å². The summed E-state index contributed by atoms with van der Waals surface area (Å²) in [5.41, 5.74) is -6.65. The minimum Gasteiger partial charge on any atom is -0.231 e. The van der Waals surface area contributed by atoms with Gasteiger partial charge in [0, 0.05) is 11.1 Å². The fourth-order valence-corrected chi connectivity index (χ4v) is 2.26. The highest BCUT2D eigenvalue weighted by molar-refractivity contribution is 5.53. The Kier molecular flexibility index (Phi) is 4.03. The van der Waals surface area contributed by atoms with Crippen molar-refractivity contribution in [3.63, 3.8) is 0 Å². The summed E-state index contributed by atoms with van der Waals surface area (Å²) in [4.78, 5) is 0. The fourth-order valence-electron chi connectivity index (χ4n) is 2.26. The van der Waals surface area contributed by atoms with E-state index < -0.39 is 45.7 Å². The van der Waals surface area contributed by atoms with Crippen LogP contribution in [0, 0.1) is 11.8 Å². The second-order valence-corrected chi connectivity index (χ2v) is 5.84. The molecule has 0 radical (unpaired) electrons. The molecule has 2 aliphatic rings. The molecule has 24 heavy (non-hydrogen) atoms. The zero-order valence-electron chi connectivity index (χ0n) is 13.0. The minimum absolute atomic E-state index is 0.551. The highest BCUT2D eigenvalue weighted by Crippen LogP contribution is 2.48. The Morgan fingerprint density at radius 3 is 1.58 bits per heavy atom. The molecule has 0 amide bonds. The van der Waals surface area contributed by atoms with E-state index in [1.165, 1.54) is 0 Å². The Labute approximate surface area is 134 Å². The van der Waals surface area contributed by atoms with E-state index in [0.29, 0.717) is 13.0 Å². The van der Waals surface area contributed by atoms with Gasteiger partial charge < -0.3 is 0 Å². The smallest absolute Gasteiger partial charge is 0.231 e. The Hall–Kier alpha value is -1.97. The maximum atomic E-state index is 14.4. The highest BCUT2D eigenvalue weighted by Gasteiger charge is 2.61. The second-order valence-electron chi connectivity index (χ2n) is 5.84. The Morgan fingerprint density at radius 1 is 0.625 bits per heavy atom. The molecule has 0 fully saturated rings. The predicted molar refractivity (Wildman–Crippen MR) is 75.8 cm³/mol. The molecule has 0 aromatic carbocycles. The van der Waals surface area contributed by atoms with E-state index in [1.54, 1.807) is 5.92 Å². The van der Waals surface area contributed by atoms with Gasteiger partial charge in [-0.1, -0.05) is 24.0 Å². The molecule has 0 nitrogen and oxygen atoms in total. The van der Waals surface area contributed by atoms with Crippen molar-refractivity contribution in [2.24, 2.45) is 0 Å². The normalized spacial score (nSPS) is 30.2. The van der Waals surface area contributed by atoms with Gasteiger partial charge in [0.1, 0.15) is 0 Å². The maximum Gasteiger partial charge on any atom is 0.346 e. The van der Waals surface area contributed by atoms with Crippen molar-refractivity contribution in [3.05, 3.63) is 46.6 Å². The fraction of sp³-hybridized carbons (Fsp3) is 0.412. The van der Waals surface area contributed by atoms with Crippen LogP contribution < -0.4 is 0 Å². The first-order valence-corrected chi connectivity index (χ1v) is 6.89. The van der Waals surface area contributed by atoms with Crippen molar-refractivity contribution in [2.75, 3.05) is 0 Å². The van der Waals surface area contributed by atoms with Gasteiger partial charge in [0.05, 0.1) is 5.57 Å². The summed E-state index contributed by atoms with van der Waals surface area (Å²) in [5, 5.41) is 0. The summed E-state index contributed by atoms with van der Waals surface area (Å²) in [6, 6.07) is 0. The summed E-state index contributed by atoms with van der Waals surface area (Å²) in [7, 11) is 0. The molecule has 130 valence electrons. The molecule has 0 bridgehead atoms. The van der Waals surface area contributed by atoms with Gasteiger partial charge in [0.25, 0.3) is 0 Å².